The second kappa shape index (κ2) is 5.66. The number of aliphatic hydroxyl groups is 1. The SMILES string of the molecule is N#Cc1ccc(C(O)c2nc(Br)ccc2Cl)c(F)c1. The number of nitrogens with zero attached hydrogens (tertiary/aromatic N) is 2. The molecular formula is C13H7BrClFN2O. The number of benzene rings is 1. The van der Waals surface area contributed by atoms with E-state index in [-0.39, 0.29) is 21.8 Å². The van der Waals surface area contributed by atoms with Gasteiger partial charge >= 0.3 is 0 Å². The van der Waals surface area contributed by atoms with Crippen LogP contribution in [0.25, 0.3) is 0 Å². The Bertz CT molecular complexity index is 672. The highest BCUT2D eigenvalue weighted by Gasteiger charge is 2.19. The second-order valence-electron chi connectivity index (χ2n) is 3.75. The second-order valence-corrected chi connectivity index (χ2v) is 4.97. The number of pyridine rings is 1. The Labute approximate surface area is 122 Å². The maximum absolute atomic E-state index is 13.8. The van der Waals surface area contributed by atoms with E-state index in [0.29, 0.717) is 4.60 Å². The molecule has 0 fully saturated rings. The molecule has 1 atom stereocenters. The van der Waals surface area contributed by atoms with Gasteiger partial charge in [-0.05, 0) is 40.2 Å². The van der Waals surface area contributed by atoms with Crippen LogP contribution in [0.15, 0.2) is 34.9 Å². The molecule has 0 saturated carbocycles. The maximum Gasteiger partial charge on any atom is 0.130 e. The normalized spacial score (nSPS) is 11.9. The van der Waals surface area contributed by atoms with Gasteiger partial charge in [-0.1, -0.05) is 17.7 Å². The Kier molecular flexibility index (Phi) is 4.15. The first-order chi connectivity index (χ1) is 9.02. The molecule has 0 radical (unpaired) electrons. The van der Waals surface area contributed by atoms with Crippen molar-refractivity contribution in [1.82, 2.24) is 4.98 Å². The molecule has 1 N–H and O–H groups in total. The summed E-state index contributed by atoms with van der Waals surface area (Å²) in [5.74, 6) is -0.676. The molecule has 0 saturated heterocycles. The van der Waals surface area contributed by atoms with Crippen molar-refractivity contribution in [3.05, 3.63) is 62.6 Å². The Hall–Kier alpha value is -1.48. The van der Waals surface area contributed by atoms with E-state index in [4.69, 9.17) is 16.9 Å². The number of nitriles is 1. The fourth-order valence-electron chi connectivity index (χ4n) is 1.59. The fourth-order valence-corrected chi connectivity index (χ4v) is 2.12. The summed E-state index contributed by atoms with van der Waals surface area (Å²) in [5, 5.41) is 19.1. The van der Waals surface area contributed by atoms with Crippen LogP contribution in [0.2, 0.25) is 5.02 Å². The zero-order valence-electron chi connectivity index (χ0n) is 9.44. The van der Waals surface area contributed by atoms with Gasteiger partial charge in [-0.2, -0.15) is 5.26 Å². The van der Waals surface area contributed by atoms with Gasteiger partial charge in [0.1, 0.15) is 16.5 Å². The number of aliphatic hydroxyl groups excluding tert-OH is 1. The van der Waals surface area contributed by atoms with Gasteiger partial charge in [0.2, 0.25) is 0 Å². The number of hydrogen-bond acceptors (Lipinski definition) is 3. The first kappa shape index (κ1) is 13.9. The third-order valence-corrected chi connectivity index (χ3v) is 3.28. The lowest BCUT2D eigenvalue weighted by molar-refractivity contribution is 0.210. The van der Waals surface area contributed by atoms with Crippen LogP contribution in [0.1, 0.15) is 22.9 Å². The van der Waals surface area contributed by atoms with Crippen LogP contribution in [0.5, 0.6) is 0 Å². The van der Waals surface area contributed by atoms with Gasteiger partial charge in [0, 0.05) is 5.56 Å². The molecule has 0 aliphatic rings. The van der Waals surface area contributed by atoms with Gasteiger partial charge in [0.05, 0.1) is 22.3 Å². The lowest BCUT2D eigenvalue weighted by Gasteiger charge is -2.13. The van der Waals surface area contributed by atoms with Crippen LogP contribution in [-0.4, -0.2) is 10.1 Å². The summed E-state index contributed by atoms with van der Waals surface area (Å²) in [7, 11) is 0. The molecule has 0 aliphatic heterocycles. The molecule has 1 aromatic carbocycles. The minimum atomic E-state index is -1.29. The van der Waals surface area contributed by atoms with Gasteiger partial charge in [0.15, 0.2) is 0 Å². The average Bonchev–Trinajstić information content (AvgIpc) is 2.40. The number of rotatable bonds is 2. The van der Waals surface area contributed by atoms with Crippen molar-refractivity contribution in [2.24, 2.45) is 0 Å². The number of aromatic nitrogens is 1. The van der Waals surface area contributed by atoms with Crippen molar-refractivity contribution < 1.29 is 9.50 Å². The lowest BCUT2D eigenvalue weighted by atomic mass is 10.0. The largest absolute Gasteiger partial charge is 0.382 e. The Morgan fingerprint density at radius 2 is 2.11 bits per heavy atom. The van der Waals surface area contributed by atoms with Crippen molar-refractivity contribution in [1.29, 1.82) is 5.26 Å². The summed E-state index contributed by atoms with van der Waals surface area (Å²) in [5.41, 5.74) is 0.355. The van der Waals surface area contributed by atoms with E-state index in [1.807, 2.05) is 6.07 Å². The van der Waals surface area contributed by atoms with Crippen molar-refractivity contribution in [3.63, 3.8) is 0 Å². The number of hydrogen-bond donors (Lipinski definition) is 1. The molecule has 96 valence electrons. The highest BCUT2D eigenvalue weighted by Crippen LogP contribution is 2.29. The third kappa shape index (κ3) is 2.92. The first-order valence-corrected chi connectivity index (χ1v) is 6.39. The van der Waals surface area contributed by atoms with Crippen molar-refractivity contribution in [3.8, 4) is 6.07 Å². The minimum Gasteiger partial charge on any atom is -0.382 e. The Morgan fingerprint density at radius 3 is 2.74 bits per heavy atom. The molecule has 0 amide bonds. The topological polar surface area (TPSA) is 56.9 Å². The van der Waals surface area contributed by atoms with Crippen LogP contribution >= 0.6 is 27.5 Å². The average molecular weight is 342 g/mol. The fraction of sp³-hybridized carbons (Fsp3) is 0.0769. The smallest absolute Gasteiger partial charge is 0.130 e. The Balaban J connectivity index is 2.47. The molecule has 19 heavy (non-hydrogen) atoms. The van der Waals surface area contributed by atoms with Crippen LogP contribution in [-0.2, 0) is 0 Å². The molecule has 0 bridgehead atoms. The molecule has 1 unspecified atom stereocenters. The number of halogens is 3. The van der Waals surface area contributed by atoms with Crippen molar-refractivity contribution in [2.45, 2.75) is 6.10 Å². The first-order valence-electron chi connectivity index (χ1n) is 5.22. The van der Waals surface area contributed by atoms with Crippen molar-refractivity contribution in [2.75, 3.05) is 0 Å². The summed E-state index contributed by atoms with van der Waals surface area (Å²) >= 11 is 9.09. The van der Waals surface area contributed by atoms with Gasteiger partial charge in [-0.15, -0.1) is 0 Å². The highest BCUT2D eigenvalue weighted by molar-refractivity contribution is 9.10. The zero-order chi connectivity index (χ0) is 14.0. The molecular weight excluding hydrogens is 335 g/mol. The summed E-state index contributed by atoms with van der Waals surface area (Å²) in [6.45, 7) is 0. The van der Waals surface area contributed by atoms with E-state index < -0.39 is 11.9 Å². The van der Waals surface area contributed by atoms with Crippen LogP contribution in [0.4, 0.5) is 4.39 Å². The van der Waals surface area contributed by atoms with E-state index in [9.17, 15) is 9.50 Å². The minimum absolute atomic E-state index is 0.0199. The predicted molar refractivity (Wildman–Crippen MR) is 72.1 cm³/mol. The molecule has 3 nitrogen and oxygen atoms in total. The molecule has 1 heterocycles. The summed E-state index contributed by atoms with van der Waals surface area (Å²) in [6.07, 6.45) is -1.29. The molecule has 6 heteroatoms. The Morgan fingerprint density at radius 1 is 1.37 bits per heavy atom. The van der Waals surface area contributed by atoms with Gasteiger partial charge in [-0.25, -0.2) is 9.37 Å². The monoisotopic (exact) mass is 340 g/mol. The third-order valence-electron chi connectivity index (χ3n) is 2.52. The van der Waals surface area contributed by atoms with Gasteiger partial charge in [-0.3, -0.25) is 0 Å². The van der Waals surface area contributed by atoms with Gasteiger partial charge < -0.3 is 5.11 Å². The van der Waals surface area contributed by atoms with E-state index >= 15 is 0 Å². The van der Waals surface area contributed by atoms with E-state index in [2.05, 4.69) is 20.9 Å². The molecule has 2 rings (SSSR count). The van der Waals surface area contributed by atoms with Crippen LogP contribution in [0.3, 0.4) is 0 Å². The highest BCUT2D eigenvalue weighted by atomic mass is 79.9. The quantitative estimate of drug-likeness (QED) is 0.849. The van der Waals surface area contributed by atoms with E-state index in [1.54, 1.807) is 12.1 Å². The summed E-state index contributed by atoms with van der Waals surface area (Å²) in [4.78, 5) is 4.04. The molecule has 0 spiro atoms. The lowest BCUT2D eigenvalue weighted by Crippen LogP contribution is -2.06. The molecule has 2 aromatic rings. The standard InChI is InChI=1S/C13H7BrClFN2O/c14-11-4-3-9(15)12(18-11)13(19)8-2-1-7(6-17)5-10(8)16/h1-5,13,19H. The predicted octanol–water partition coefficient (Wildman–Crippen LogP) is 3.59. The van der Waals surface area contributed by atoms with Gasteiger partial charge in [0.25, 0.3) is 0 Å². The summed E-state index contributed by atoms with van der Waals surface area (Å²) < 4.78 is 14.3. The molecule has 1 aromatic heterocycles. The van der Waals surface area contributed by atoms with E-state index in [0.717, 1.165) is 6.07 Å². The maximum atomic E-state index is 13.8. The molecule has 0 aliphatic carbocycles. The van der Waals surface area contributed by atoms with Crippen molar-refractivity contribution >= 4 is 27.5 Å². The van der Waals surface area contributed by atoms with Crippen LogP contribution in [0, 0.1) is 17.1 Å². The zero-order valence-corrected chi connectivity index (χ0v) is 11.8. The van der Waals surface area contributed by atoms with Crippen LogP contribution < -0.4 is 0 Å². The summed E-state index contributed by atoms with van der Waals surface area (Å²) in [6, 6.07) is 8.83. The van der Waals surface area contributed by atoms with E-state index in [1.165, 1.54) is 12.1 Å².